The molecular formula is C16H15ClN2OS. The zero-order chi connectivity index (χ0) is 15.0. The minimum absolute atomic E-state index is 0.0407. The zero-order valence-corrected chi connectivity index (χ0v) is 13.4. The second-order valence-corrected chi connectivity index (χ2v) is 6.92. The highest BCUT2D eigenvalue weighted by Crippen LogP contribution is 2.31. The number of hydrogen-bond acceptors (Lipinski definition) is 3. The smallest absolute Gasteiger partial charge is 0.271 e. The molecule has 0 radical (unpaired) electrons. The number of hydrogen-bond donors (Lipinski definition) is 0. The lowest BCUT2D eigenvalue weighted by Crippen LogP contribution is -2.21. The Hall–Kier alpha value is -1.65. The van der Waals surface area contributed by atoms with Gasteiger partial charge in [-0.1, -0.05) is 37.6 Å². The van der Waals surface area contributed by atoms with Crippen LogP contribution in [0.5, 0.6) is 0 Å². The quantitative estimate of drug-likeness (QED) is 0.716. The standard InChI is InChI=1S/C16H15ClN2OS/c1-10(2)8-19-9-18-13-7-14(21-15(13)16(19)20)11-3-5-12(17)6-4-11/h3-7,9-10H,8H2,1-2H3. The Labute approximate surface area is 131 Å². The third-order valence-electron chi connectivity index (χ3n) is 3.19. The molecule has 5 heteroatoms. The summed E-state index contributed by atoms with van der Waals surface area (Å²) >= 11 is 7.40. The van der Waals surface area contributed by atoms with Crippen molar-refractivity contribution in [3.8, 4) is 10.4 Å². The lowest BCUT2D eigenvalue weighted by Gasteiger charge is -2.06. The van der Waals surface area contributed by atoms with Gasteiger partial charge in [-0.2, -0.15) is 0 Å². The normalized spacial score (nSPS) is 11.4. The van der Waals surface area contributed by atoms with Crippen LogP contribution < -0.4 is 5.56 Å². The van der Waals surface area contributed by atoms with Gasteiger partial charge in [0.25, 0.3) is 5.56 Å². The van der Waals surface area contributed by atoms with Gasteiger partial charge in [-0.25, -0.2) is 4.98 Å². The monoisotopic (exact) mass is 318 g/mol. The van der Waals surface area contributed by atoms with Crippen molar-refractivity contribution in [3.63, 3.8) is 0 Å². The Kier molecular flexibility index (Phi) is 3.83. The number of aromatic nitrogens is 2. The van der Waals surface area contributed by atoms with Crippen LogP contribution in [0.15, 0.2) is 41.5 Å². The highest BCUT2D eigenvalue weighted by molar-refractivity contribution is 7.22. The van der Waals surface area contributed by atoms with Gasteiger partial charge in [-0.05, 0) is 29.7 Å². The van der Waals surface area contributed by atoms with Gasteiger partial charge in [0.15, 0.2) is 0 Å². The van der Waals surface area contributed by atoms with Gasteiger partial charge in [0.2, 0.25) is 0 Å². The van der Waals surface area contributed by atoms with Crippen molar-refractivity contribution in [2.24, 2.45) is 5.92 Å². The van der Waals surface area contributed by atoms with E-state index in [1.54, 1.807) is 10.9 Å². The molecule has 0 spiro atoms. The van der Waals surface area contributed by atoms with Crippen molar-refractivity contribution in [1.29, 1.82) is 0 Å². The molecule has 0 saturated heterocycles. The fraction of sp³-hybridized carbons (Fsp3) is 0.250. The zero-order valence-electron chi connectivity index (χ0n) is 11.8. The number of benzene rings is 1. The van der Waals surface area contributed by atoms with Crippen molar-refractivity contribution in [3.05, 3.63) is 52.0 Å². The predicted octanol–water partition coefficient (Wildman–Crippen LogP) is 4.43. The fourth-order valence-electron chi connectivity index (χ4n) is 2.23. The van der Waals surface area contributed by atoms with Gasteiger partial charge in [-0.3, -0.25) is 9.36 Å². The van der Waals surface area contributed by atoms with E-state index in [0.29, 0.717) is 22.2 Å². The SMILES string of the molecule is CC(C)Cn1cnc2cc(-c3ccc(Cl)cc3)sc2c1=O. The first kappa shape index (κ1) is 14.3. The maximum absolute atomic E-state index is 12.5. The lowest BCUT2D eigenvalue weighted by atomic mass is 10.2. The van der Waals surface area contributed by atoms with Crippen molar-refractivity contribution < 1.29 is 0 Å². The van der Waals surface area contributed by atoms with Crippen LogP contribution in [0.25, 0.3) is 20.7 Å². The summed E-state index contributed by atoms with van der Waals surface area (Å²) in [5.41, 5.74) is 1.85. The molecule has 0 bridgehead atoms. The predicted molar refractivity (Wildman–Crippen MR) is 89.2 cm³/mol. The number of halogens is 1. The van der Waals surface area contributed by atoms with Gasteiger partial charge >= 0.3 is 0 Å². The van der Waals surface area contributed by atoms with Crippen LogP contribution in [-0.2, 0) is 6.54 Å². The van der Waals surface area contributed by atoms with Gasteiger partial charge in [0.1, 0.15) is 4.70 Å². The number of nitrogens with zero attached hydrogens (tertiary/aromatic N) is 2. The minimum Gasteiger partial charge on any atom is -0.298 e. The number of fused-ring (bicyclic) bond motifs is 1. The summed E-state index contributed by atoms with van der Waals surface area (Å²) in [6, 6.07) is 9.58. The molecule has 0 aliphatic heterocycles. The largest absolute Gasteiger partial charge is 0.298 e. The van der Waals surface area contributed by atoms with Crippen LogP contribution in [-0.4, -0.2) is 9.55 Å². The van der Waals surface area contributed by atoms with Crippen molar-refractivity contribution in [2.75, 3.05) is 0 Å². The number of thiophene rings is 1. The molecule has 3 rings (SSSR count). The van der Waals surface area contributed by atoms with Gasteiger partial charge < -0.3 is 0 Å². The molecule has 0 aliphatic carbocycles. The first-order valence-electron chi connectivity index (χ1n) is 6.79. The molecule has 0 aliphatic rings. The third kappa shape index (κ3) is 2.87. The van der Waals surface area contributed by atoms with Crippen molar-refractivity contribution >= 4 is 33.2 Å². The first-order valence-corrected chi connectivity index (χ1v) is 7.99. The van der Waals surface area contributed by atoms with E-state index in [-0.39, 0.29) is 5.56 Å². The summed E-state index contributed by atoms with van der Waals surface area (Å²) in [6.07, 6.45) is 1.64. The topological polar surface area (TPSA) is 34.9 Å². The summed E-state index contributed by atoms with van der Waals surface area (Å²) in [6.45, 7) is 4.87. The molecule has 0 saturated carbocycles. The van der Waals surface area contributed by atoms with E-state index in [2.05, 4.69) is 18.8 Å². The molecule has 0 atom stereocenters. The third-order valence-corrected chi connectivity index (χ3v) is 4.61. The Morgan fingerprint density at radius 3 is 2.67 bits per heavy atom. The van der Waals surface area contributed by atoms with E-state index in [1.165, 1.54) is 11.3 Å². The fourth-order valence-corrected chi connectivity index (χ4v) is 3.42. The molecule has 0 N–H and O–H groups in total. The molecule has 0 fully saturated rings. The van der Waals surface area contributed by atoms with Crippen LogP contribution in [0.3, 0.4) is 0 Å². The molecular weight excluding hydrogens is 304 g/mol. The van der Waals surface area contributed by atoms with Crippen LogP contribution in [0.1, 0.15) is 13.8 Å². The van der Waals surface area contributed by atoms with Crippen LogP contribution in [0.4, 0.5) is 0 Å². The van der Waals surface area contributed by atoms with E-state index in [0.717, 1.165) is 16.0 Å². The van der Waals surface area contributed by atoms with Crippen molar-refractivity contribution in [1.82, 2.24) is 9.55 Å². The highest BCUT2D eigenvalue weighted by Gasteiger charge is 2.11. The van der Waals surface area contributed by atoms with E-state index >= 15 is 0 Å². The van der Waals surface area contributed by atoms with E-state index < -0.39 is 0 Å². The van der Waals surface area contributed by atoms with Crippen LogP contribution in [0.2, 0.25) is 5.02 Å². The minimum atomic E-state index is 0.0407. The van der Waals surface area contributed by atoms with Crippen molar-refractivity contribution in [2.45, 2.75) is 20.4 Å². The summed E-state index contributed by atoms with van der Waals surface area (Å²) in [7, 11) is 0. The lowest BCUT2D eigenvalue weighted by molar-refractivity contribution is 0.509. The molecule has 1 aromatic carbocycles. The summed E-state index contributed by atoms with van der Waals surface area (Å²) in [4.78, 5) is 17.9. The molecule has 0 unspecified atom stereocenters. The second-order valence-electron chi connectivity index (χ2n) is 5.43. The molecule has 3 nitrogen and oxygen atoms in total. The Balaban J connectivity index is 2.10. The Morgan fingerprint density at radius 2 is 2.00 bits per heavy atom. The van der Waals surface area contributed by atoms with Gasteiger partial charge in [0.05, 0.1) is 11.8 Å². The van der Waals surface area contributed by atoms with E-state index in [1.807, 2.05) is 30.3 Å². The average molecular weight is 319 g/mol. The number of rotatable bonds is 3. The molecule has 3 aromatic rings. The summed E-state index contributed by atoms with van der Waals surface area (Å²) in [5.74, 6) is 0.414. The van der Waals surface area contributed by atoms with E-state index in [9.17, 15) is 4.79 Å². The maximum atomic E-state index is 12.5. The Morgan fingerprint density at radius 1 is 1.29 bits per heavy atom. The van der Waals surface area contributed by atoms with Crippen LogP contribution in [0, 0.1) is 5.92 Å². The molecule has 2 heterocycles. The first-order chi connectivity index (χ1) is 10.0. The van der Waals surface area contributed by atoms with Crippen LogP contribution >= 0.6 is 22.9 Å². The Bertz CT molecular complexity index is 834. The maximum Gasteiger partial charge on any atom is 0.271 e. The molecule has 21 heavy (non-hydrogen) atoms. The van der Waals surface area contributed by atoms with E-state index in [4.69, 9.17) is 11.6 Å². The second kappa shape index (κ2) is 5.62. The highest BCUT2D eigenvalue weighted by atomic mass is 35.5. The molecule has 108 valence electrons. The summed E-state index contributed by atoms with van der Waals surface area (Å²) in [5, 5.41) is 0.706. The van der Waals surface area contributed by atoms with Gasteiger partial charge in [0, 0.05) is 16.4 Å². The molecule has 0 amide bonds. The molecule has 2 aromatic heterocycles. The average Bonchev–Trinajstić information content (AvgIpc) is 2.87. The van der Waals surface area contributed by atoms with Gasteiger partial charge in [-0.15, -0.1) is 11.3 Å². The summed E-state index contributed by atoms with van der Waals surface area (Å²) < 4.78 is 2.40.